The third-order valence-electron chi connectivity index (χ3n) is 5.27. The first-order chi connectivity index (χ1) is 13.1. The minimum atomic E-state index is -0.255. The Bertz CT molecular complexity index is 897. The van der Waals surface area contributed by atoms with Gasteiger partial charge in [0.15, 0.2) is 0 Å². The van der Waals surface area contributed by atoms with Gasteiger partial charge in [-0.25, -0.2) is 0 Å². The Labute approximate surface area is 166 Å². The largest absolute Gasteiger partial charge is 0.488 e. The topological polar surface area (TPSA) is 69.5 Å². The van der Waals surface area contributed by atoms with Crippen LogP contribution >= 0.6 is 15.9 Å². The highest BCUT2D eigenvalue weighted by atomic mass is 79.9. The molecule has 3 heterocycles. The molecular formula is C20H21BrN4O2. The summed E-state index contributed by atoms with van der Waals surface area (Å²) in [7, 11) is 0. The summed E-state index contributed by atoms with van der Waals surface area (Å²) < 4.78 is 7.22. The van der Waals surface area contributed by atoms with Crippen LogP contribution in [0.5, 0.6) is 5.75 Å². The molecule has 0 aliphatic carbocycles. The lowest BCUT2D eigenvalue weighted by Gasteiger charge is -2.23. The molecule has 2 unspecified atom stereocenters. The quantitative estimate of drug-likeness (QED) is 0.748. The molecule has 1 aromatic carbocycles. The monoisotopic (exact) mass is 428 g/mol. The molecule has 0 saturated carbocycles. The Morgan fingerprint density at radius 3 is 3.07 bits per heavy atom. The second-order valence-corrected chi connectivity index (χ2v) is 8.02. The number of likely N-dealkylation sites (tertiary alicyclic amines) is 2. The molecule has 4 rings (SSSR count). The zero-order chi connectivity index (χ0) is 18.8. The lowest BCUT2D eigenvalue weighted by molar-refractivity contribution is -0.132. The predicted molar refractivity (Wildman–Crippen MR) is 105 cm³/mol. The van der Waals surface area contributed by atoms with Gasteiger partial charge in [0.05, 0.1) is 18.1 Å². The third kappa shape index (κ3) is 3.92. The van der Waals surface area contributed by atoms with Gasteiger partial charge in [-0.2, -0.15) is 5.26 Å². The number of hydrogen-bond acceptors (Lipinski definition) is 5. The highest BCUT2D eigenvalue weighted by Crippen LogP contribution is 2.28. The van der Waals surface area contributed by atoms with Gasteiger partial charge in [0.1, 0.15) is 17.9 Å². The van der Waals surface area contributed by atoms with Gasteiger partial charge in [-0.1, -0.05) is 15.9 Å². The average Bonchev–Trinajstić information content (AvgIpc) is 3.30. The van der Waals surface area contributed by atoms with E-state index < -0.39 is 0 Å². The van der Waals surface area contributed by atoms with E-state index >= 15 is 0 Å². The molecule has 2 aromatic rings. The Balaban J connectivity index is 1.38. The van der Waals surface area contributed by atoms with E-state index in [1.165, 1.54) is 0 Å². The van der Waals surface area contributed by atoms with Gasteiger partial charge in [0, 0.05) is 35.7 Å². The molecule has 2 saturated heterocycles. The summed E-state index contributed by atoms with van der Waals surface area (Å²) in [6.45, 7) is 2.61. The van der Waals surface area contributed by atoms with Gasteiger partial charge in [0.25, 0.3) is 0 Å². The number of ether oxygens (including phenoxy) is 1. The van der Waals surface area contributed by atoms with E-state index in [0.29, 0.717) is 13.1 Å². The Kier molecular flexibility index (Phi) is 5.28. The Morgan fingerprint density at radius 1 is 1.33 bits per heavy atom. The van der Waals surface area contributed by atoms with Crippen LogP contribution in [0.25, 0.3) is 10.9 Å². The van der Waals surface area contributed by atoms with Crippen LogP contribution in [0.15, 0.2) is 34.9 Å². The van der Waals surface area contributed by atoms with Crippen molar-refractivity contribution in [2.75, 3.05) is 26.2 Å². The minimum Gasteiger partial charge on any atom is -0.488 e. The number of nitrogens with zero attached hydrogens (tertiary/aromatic N) is 4. The lowest BCUT2D eigenvalue weighted by atomic mass is 10.2. The number of fused-ring (bicyclic) bond motifs is 1. The van der Waals surface area contributed by atoms with Crippen LogP contribution in [0, 0.1) is 11.3 Å². The Hall–Kier alpha value is -2.17. The zero-order valence-electron chi connectivity index (χ0n) is 15.0. The first-order valence-corrected chi connectivity index (χ1v) is 10.1. The number of pyridine rings is 1. The summed E-state index contributed by atoms with van der Waals surface area (Å²) in [6, 6.07) is 9.84. The molecule has 1 aromatic heterocycles. The number of carbonyl (C=O) groups is 1. The molecule has 0 spiro atoms. The molecule has 0 N–H and O–H groups in total. The number of rotatable bonds is 4. The first kappa shape index (κ1) is 18.2. The molecule has 1 amide bonds. The van der Waals surface area contributed by atoms with Crippen molar-refractivity contribution in [1.82, 2.24) is 14.8 Å². The van der Waals surface area contributed by atoms with Crippen LogP contribution in [-0.4, -0.2) is 59.0 Å². The van der Waals surface area contributed by atoms with Crippen LogP contribution in [0.1, 0.15) is 19.3 Å². The van der Waals surface area contributed by atoms with Crippen molar-refractivity contribution >= 4 is 32.7 Å². The summed E-state index contributed by atoms with van der Waals surface area (Å²) in [6.07, 6.45) is 4.41. The van der Waals surface area contributed by atoms with Crippen LogP contribution in [0.3, 0.4) is 0 Å². The van der Waals surface area contributed by atoms with Crippen LogP contribution in [0.4, 0.5) is 0 Å². The van der Waals surface area contributed by atoms with E-state index in [-0.39, 0.29) is 18.1 Å². The third-order valence-corrected chi connectivity index (χ3v) is 5.76. The second kappa shape index (κ2) is 7.83. The molecule has 140 valence electrons. The number of aromatic nitrogens is 1. The average molecular weight is 429 g/mol. The number of hydrogen-bond donors (Lipinski definition) is 0. The van der Waals surface area contributed by atoms with Crippen molar-refractivity contribution in [2.24, 2.45) is 0 Å². The highest BCUT2D eigenvalue weighted by molar-refractivity contribution is 9.10. The molecule has 27 heavy (non-hydrogen) atoms. The fourth-order valence-corrected chi connectivity index (χ4v) is 4.24. The first-order valence-electron chi connectivity index (χ1n) is 9.26. The number of halogens is 1. The lowest BCUT2D eigenvalue weighted by Crippen LogP contribution is -2.42. The van der Waals surface area contributed by atoms with E-state index in [0.717, 1.165) is 53.5 Å². The highest BCUT2D eigenvalue weighted by Gasteiger charge is 2.32. The van der Waals surface area contributed by atoms with E-state index in [9.17, 15) is 10.1 Å². The van der Waals surface area contributed by atoms with Gasteiger partial charge >= 0.3 is 0 Å². The molecule has 7 heteroatoms. The fourth-order valence-electron chi connectivity index (χ4n) is 3.90. The second-order valence-electron chi connectivity index (χ2n) is 7.11. The summed E-state index contributed by atoms with van der Waals surface area (Å²) in [5.41, 5.74) is 0.892. The van der Waals surface area contributed by atoms with Gasteiger partial charge in [-0.3, -0.25) is 14.7 Å². The summed E-state index contributed by atoms with van der Waals surface area (Å²) in [5.74, 6) is 0.883. The van der Waals surface area contributed by atoms with Crippen LogP contribution in [-0.2, 0) is 4.79 Å². The normalized spacial score (nSPS) is 22.9. The Morgan fingerprint density at radius 2 is 2.22 bits per heavy atom. The molecule has 0 bridgehead atoms. The van der Waals surface area contributed by atoms with Crippen LogP contribution in [0.2, 0.25) is 0 Å². The number of benzene rings is 1. The van der Waals surface area contributed by atoms with Crippen molar-refractivity contribution in [3.63, 3.8) is 0 Å². The molecular weight excluding hydrogens is 408 g/mol. The molecule has 2 aliphatic rings. The fraction of sp³-hybridized carbons (Fsp3) is 0.450. The summed E-state index contributed by atoms with van der Waals surface area (Å²) in [4.78, 5) is 20.8. The molecule has 0 radical (unpaired) electrons. The van der Waals surface area contributed by atoms with Crippen LogP contribution < -0.4 is 4.74 Å². The van der Waals surface area contributed by atoms with Crippen molar-refractivity contribution in [2.45, 2.75) is 31.4 Å². The molecule has 2 atom stereocenters. The zero-order valence-corrected chi connectivity index (χ0v) is 16.6. The SMILES string of the molecule is N#CC1CCCN1C(=O)CN1CCC(Oc2ccnc3cc(Br)ccc23)C1. The van der Waals surface area contributed by atoms with E-state index in [4.69, 9.17) is 4.74 Å². The molecule has 6 nitrogen and oxygen atoms in total. The van der Waals surface area contributed by atoms with Gasteiger partial charge in [-0.05, 0) is 43.5 Å². The number of amides is 1. The van der Waals surface area contributed by atoms with E-state index in [2.05, 4.69) is 31.9 Å². The minimum absolute atomic E-state index is 0.0531. The smallest absolute Gasteiger partial charge is 0.237 e. The van der Waals surface area contributed by atoms with Crippen molar-refractivity contribution in [3.8, 4) is 11.8 Å². The van der Waals surface area contributed by atoms with Crippen molar-refractivity contribution < 1.29 is 9.53 Å². The maximum absolute atomic E-state index is 12.5. The number of nitriles is 1. The maximum Gasteiger partial charge on any atom is 0.237 e. The predicted octanol–water partition coefficient (Wildman–Crippen LogP) is 2.96. The number of carbonyl (C=O) groups excluding carboxylic acids is 1. The summed E-state index contributed by atoms with van der Waals surface area (Å²) in [5, 5.41) is 10.2. The molecule has 2 aliphatic heterocycles. The van der Waals surface area contributed by atoms with Crippen molar-refractivity contribution in [1.29, 1.82) is 5.26 Å². The van der Waals surface area contributed by atoms with Gasteiger partial charge < -0.3 is 9.64 Å². The van der Waals surface area contributed by atoms with E-state index in [1.807, 2.05) is 24.3 Å². The summed E-state index contributed by atoms with van der Waals surface area (Å²) >= 11 is 3.47. The standard InChI is InChI=1S/C20H21BrN4O2/c21-14-3-4-17-18(10-14)23-7-5-19(17)27-16-6-9-24(12-16)13-20(26)25-8-1-2-15(25)11-22/h3-5,7,10,15-16H,1-2,6,8-9,12-13H2. The van der Waals surface area contributed by atoms with E-state index in [1.54, 1.807) is 11.1 Å². The molecule has 2 fully saturated rings. The van der Waals surface area contributed by atoms with Gasteiger partial charge in [0.2, 0.25) is 5.91 Å². The van der Waals surface area contributed by atoms with Crippen molar-refractivity contribution in [3.05, 3.63) is 34.9 Å². The maximum atomic E-state index is 12.5. The van der Waals surface area contributed by atoms with Gasteiger partial charge in [-0.15, -0.1) is 0 Å².